The Balaban J connectivity index is 1.77. The number of aromatic carboxylic acids is 1. The summed E-state index contributed by atoms with van der Waals surface area (Å²) in [5, 5.41) is 11.8. The van der Waals surface area contributed by atoms with Gasteiger partial charge in [0.15, 0.2) is 5.11 Å². The molecule has 7 nitrogen and oxygen atoms in total. The molecule has 1 aliphatic rings. The summed E-state index contributed by atoms with van der Waals surface area (Å²) < 4.78 is 5.68. The lowest BCUT2D eigenvalue weighted by atomic mass is 10.1. The maximum Gasteiger partial charge on any atom is 0.335 e. The second-order valence-electron chi connectivity index (χ2n) is 6.51. The quantitative estimate of drug-likeness (QED) is 0.287. The van der Waals surface area contributed by atoms with Gasteiger partial charge in [-0.25, -0.2) is 4.79 Å². The highest BCUT2D eigenvalue weighted by Crippen LogP contribution is 2.28. The van der Waals surface area contributed by atoms with Gasteiger partial charge < -0.3 is 9.84 Å². The Bertz CT molecular complexity index is 1130. The van der Waals surface area contributed by atoms with Gasteiger partial charge in [0, 0.05) is 6.54 Å². The number of carbonyl (C=O) groups excluding carboxylic acids is 2. The molecular weight excluding hydrogens is 440 g/mol. The van der Waals surface area contributed by atoms with Crippen molar-refractivity contribution in [3.05, 3.63) is 82.4 Å². The molecule has 2 amide bonds. The van der Waals surface area contributed by atoms with Crippen LogP contribution in [0.4, 0.5) is 0 Å². The Hall–Kier alpha value is -3.49. The van der Waals surface area contributed by atoms with Crippen molar-refractivity contribution in [3.8, 4) is 5.75 Å². The molecule has 0 spiro atoms. The number of amides is 2. The van der Waals surface area contributed by atoms with E-state index in [0.717, 1.165) is 0 Å². The van der Waals surface area contributed by atoms with Gasteiger partial charge in [-0.15, -0.1) is 6.58 Å². The molecule has 2 N–H and O–H groups in total. The van der Waals surface area contributed by atoms with Crippen LogP contribution in [0.5, 0.6) is 5.75 Å². The SMILES string of the molecule is C=CCN1C(=O)/C(=C/c2ccc(OCc3cccc(C(=O)O)c3)c(Cl)c2)C(=O)NC1=S. The number of hydrogen-bond donors (Lipinski definition) is 2. The van der Waals surface area contributed by atoms with Crippen LogP contribution in [0.3, 0.4) is 0 Å². The number of ether oxygens (including phenoxy) is 1. The highest BCUT2D eigenvalue weighted by Gasteiger charge is 2.32. The molecule has 0 bridgehead atoms. The van der Waals surface area contributed by atoms with E-state index < -0.39 is 17.8 Å². The minimum atomic E-state index is -1.02. The van der Waals surface area contributed by atoms with Gasteiger partial charge in [0.1, 0.15) is 17.9 Å². The van der Waals surface area contributed by atoms with Crippen LogP contribution in [0.15, 0.2) is 60.7 Å². The lowest BCUT2D eigenvalue weighted by molar-refractivity contribution is -0.128. The lowest BCUT2D eigenvalue weighted by Crippen LogP contribution is -2.53. The van der Waals surface area contributed by atoms with Gasteiger partial charge in [-0.3, -0.25) is 19.8 Å². The van der Waals surface area contributed by atoms with Crippen molar-refractivity contribution >= 4 is 52.8 Å². The summed E-state index contributed by atoms with van der Waals surface area (Å²) in [5.74, 6) is -1.77. The number of carbonyl (C=O) groups is 3. The molecule has 31 heavy (non-hydrogen) atoms. The molecule has 0 unspecified atom stereocenters. The molecule has 0 radical (unpaired) electrons. The van der Waals surface area contributed by atoms with Gasteiger partial charge in [-0.2, -0.15) is 0 Å². The fourth-order valence-electron chi connectivity index (χ4n) is 2.83. The molecule has 9 heteroatoms. The Labute approximate surface area is 188 Å². The summed E-state index contributed by atoms with van der Waals surface area (Å²) in [7, 11) is 0. The summed E-state index contributed by atoms with van der Waals surface area (Å²) >= 11 is 11.3. The highest BCUT2D eigenvalue weighted by atomic mass is 35.5. The third kappa shape index (κ3) is 5.17. The fourth-order valence-corrected chi connectivity index (χ4v) is 3.33. The van der Waals surface area contributed by atoms with Crippen molar-refractivity contribution < 1.29 is 24.2 Å². The first-order valence-electron chi connectivity index (χ1n) is 9.04. The van der Waals surface area contributed by atoms with Crippen molar-refractivity contribution in [2.75, 3.05) is 6.54 Å². The average molecular weight is 457 g/mol. The van der Waals surface area contributed by atoms with Crippen LogP contribution in [0, 0.1) is 0 Å². The maximum absolute atomic E-state index is 12.6. The molecule has 3 rings (SSSR count). The zero-order chi connectivity index (χ0) is 22.5. The number of carboxylic acids is 1. The van der Waals surface area contributed by atoms with Crippen LogP contribution in [0.1, 0.15) is 21.5 Å². The zero-order valence-electron chi connectivity index (χ0n) is 16.1. The van der Waals surface area contributed by atoms with Crippen molar-refractivity contribution in [1.82, 2.24) is 10.2 Å². The molecule has 2 aromatic rings. The summed E-state index contributed by atoms with van der Waals surface area (Å²) in [6.45, 7) is 3.87. The zero-order valence-corrected chi connectivity index (χ0v) is 17.7. The predicted molar refractivity (Wildman–Crippen MR) is 120 cm³/mol. The van der Waals surface area contributed by atoms with Crippen LogP contribution < -0.4 is 10.1 Å². The van der Waals surface area contributed by atoms with E-state index in [1.807, 2.05) is 0 Å². The summed E-state index contributed by atoms with van der Waals surface area (Å²) in [6, 6.07) is 11.2. The molecule has 1 aliphatic heterocycles. The average Bonchev–Trinajstić information content (AvgIpc) is 2.73. The van der Waals surface area contributed by atoms with Gasteiger partial charge in [0.2, 0.25) is 0 Å². The van der Waals surface area contributed by atoms with Crippen molar-refractivity contribution in [2.45, 2.75) is 6.61 Å². The smallest absolute Gasteiger partial charge is 0.335 e. The van der Waals surface area contributed by atoms with Crippen molar-refractivity contribution in [3.63, 3.8) is 0 Å². The highest BCUT2D eigenvalue weighted by molar-refractivity contribution is 7.80. The van der Waals surface area contributed by atoms with E-state index in [1.165, 1.54) is 29.2 Å². The molecule has 0 atom stereocenters. The number of benzene rings is 2. The van der Waals surface area contributed by atoms with Crippen molar-refractivity contribution in [2.24, 2.45) is 0 Å². The van der Waals surface area contributed by atoms with Crippen LogP contribution in [-0.2, 0) is 16.2 Å². The van der Waals surface area contributed by atoms with E-state index in [1.54, 1.807) is 30.3 Å². The molecule has 1 saturated heterocycles. The van der Waals surface area contributed by atoms with E-state index >= 15 is 0 Å². The molecule has 2 aromatic carbocycles. The summed E-state index contributed by atoms with van der Waals surface area (Å²) in [6.07, 6.45) is 2.93. The molecule has 0 saturated carbocycles. The van der Waals surface area contributed by atoms with E-state index in [4.69, 9.17) is 33.7 Å². The number of carboxylic acid groups (broad SMARTS) is 1. The lowest BCUT2D eigenvalue weighted by Gasteiger charge is -2.27. The number of hydrogen-bond acceptors (Lipinski definition) is 5. The maximum atomic E-state index is 12.6. The largest absolute Gasteiger partial charge is 0.487 e. The minimum Gasteiger partial charge on any atom is -0.487 e. The van der Waals surface area contributed by atoms with Crippen LogP contribution >= 0.6 is 23.8 Å². The van der Waals surface area contributed by atoms with Gasteiger partial charge in [0.05, 0.1) is 10.6 Å². The Morgan fingerprint density at radius 3 is 2.71 bits per heavy atom. The first-order valence-corrected chi connectivity index (χ1v) is 9.83. The predicted octanol–water partition coefficient (Wildman–Crippen LogP) is 3.43. The van der Waals surface area contributed by atoms with Gasteiger partial charge in [-0.1, -0.05) is 35.9 Å². The Kier molecular flexibility index (Phi) is 6.84. The Morgan fingerprint density at radius 2 is 2.03 bits per heavy atom. The second-order valence-corrected chi connectivity index (χ2v) is 7.30. The number of nitrogens with one attached hydrogen (secondary N) is 1. The third-order valence-electron chi connectivity index (χ3n) is 4.33. The first kappa shape index (κ1) is 22.2. The minimum absolute atomic E-state index is 0.0285. The van der Waals surface area contributed by atoms with Crippen molar-refractivity contribution in [1.29, 1.82) is 0 Å². The number of nitrogens with zero attached hydrogens (tertiary/aromatic N) is 1. The standard InChI is InChI=1S/C22H17ClN2O5S/c1-2-8-25-20(27)16(19(26)24-22(25)31)10-13-6-7-18(17(23)11-13)30-12-14-4-3-5-15(9-14)21(28)29/h2-7,9-11H,1,8,12H2,(H,28,29)(H,24,26,31)/b16-10+. The molecular formula is C22H17ClN2O5S. The third-order valence-corrected chi connectivity index (χ3v) is 4.95. The monoisotopic (exact) mass is 456 g/mol. The number of rotatable bonds is 7. The van der Waals surface area contributed by atoms with Gasteiger partial charge >= 0.3 is 5.97 Å². The topological polar surface area (TPSA) is 95.9 Å². The molecule has 158 valence electrons. The Morgan fingerprint density at radius 1 is 1.26 bits per heavy atom. The van der Waals surface area contributed by atoms with E-state index in [2.05, 4.69) is 11.9 Å². The van der Waals surface area contributed by atoms with E-state index in [9.17, 15) is 14.4 Å². The first-order chi connectivity index (χ1) is 14.8. The number of thiocarbonyl (C=S) groups is 1. The summed E-state index contributed by atoms with van der Waals surface area (Å²) in [4.78, 5) is 37.1. The van der Waals surface area contributed by atoms with Crippen LogP contribution in [-0.4, -0.2) is 39.4 Å². The summed E-state index contributed by atoms with van der Waals surface area (Å²) in [5.41, 5.74) is 1.28. The molecule has 1 fully saturated rings. The fraction of sp³-hybridized carbons (Fsp3) is 0.0909. The molecule has 0 aromatic heterocycles. The second kappa shape index (κ2) is 9.55. The normalized spacial score (nSPS) is 15.1. The van der Waals surface area contributed by atoms with E-state index in [0.29, 0.717) is 16.9 Å². The molecule has 1 heterocycles. The van der Waals surface area contributed by atoms with Crippen LogP contribution in [0.2, 0.25) is 5.02 Å². The van der Waals surface area contributed by atoms with Gasteiger partial charge in [-0.05, 0) is 53.7 Å². The van der Waals surface area contributed by atoms with E-state index in [-0.39, 0.29) is 34.4 Å². The molecule has 0 aliphatic carbocycles. The number of halogens is 1. The van der Waals surface area contributed by atoms with Crippen LogP contribution in [0.25, 0.3) is 6.08 Å². The van der Waals surface area contributed by atoms with Gasteiger partial charge in [0.25, 0.3) is 11.8 Å².